The molecule has 2 unspecified atom stereocenters. The highest BCUT2D eigenvalue weighted by Gasteiger charge is 2.29. The fourth-order valence-corrected chi connectivity index (χ4v) is 7.64. The summed E-state index contributed by atoms with van der Waals surface area (Å²) in [6.45, 7) is 17.3. The van der Waals surface area contributed by atoms with Gasteiger partial charge >= 0.3 is 0 Å². The Balaban J connectivity index is 1.04. The molecule has 10 heteroatoms. The van der Waals surface area contributed by atoms with Gasteiger partial charge in [-0.25, -0.2) is 9.97 Å². The van der Waals surface area contributed by atoms with E-state index in [1.807, 2.05) is 37.3 Å². The average molecular weight is 833 g/mol. The highest BCUT2D eigenvalue weighted by Crippen LogP contribution is 2.43. The summed E-state index contributed by atoms with van der Waals surface area (Å²) in [4.78, 5) is 42.8. The Bertz CT molecular complexity index is 2340. The molecule has 2 N–H and O–H groups in total. The number of ether oxygens (including phenoxy) is 2. The largest absolute Gasteiger partial charge is 0.473 e. The first-order valence-electron chi connectivity index (χ1n) is 21.4. The third kappa shape index (κ3) is 13.5. The summed E-state index contributed by atoms with van der Waals surface area (Å²) in [5, 5.41) is 5.86. The Morgan fingerprint density at radius 1 is 0.629 bits per heavy atom. The van der Waals surface area contributed by atoms with E-state index in [1.165, 1.54) is 17.3 Å². The van der Waals surface area contributed by atoms with Crippen molar-refractivity contribution >= 4 is 11.8 Å². The molecule has 0 saturated heterocycles. The first kappa shape index (κ1) is 45.1. The van der Waals surface area contributed by atoms with Gasteiger partial charge in [0, 0.05) is 56.3 Å². The molecule has 6 aromatic rings. The molecule has 62 heavy (non-hydrogen) atoms. The zero-order valence-electron chi connectivity index (χ0n) is 37.2. The SMILES string of the molecule is Cc1cnc(OCc2ccc(C(CCC(CC(C)(C)C)c3ccc(COc4ccc(C(=O)NCc5cccnc5)cn4)cc3)C(C)(C)C)cc2)c(C(=O)NCc2cccnc2)c1. The smallest absolute Gasteiger partial charge is 0.257 e. The van der Waals surface area contributed by atoms with Gasteiger partial charge in [-0.3, -0.25) is 19.6 Å². The molecule has 4 heterocycles. The molecule has 0 aliphatic carbocycles. The minimum absolute atomic E-state index is 0.0469. The molecule has 0 bridgehead atoms. The Morgan fingerprint density at radius 2 is 1.23 bits per heavy atom. The van der Waals surface area contributed by atoms with Crippen LogP contribution in [0.15, 0.2) is 128 Å². The lowest BCUT2D eigenvalue weighted by Gasteiger charge is -2.34. The van der Waals surface area contributed by atoms with Crippen molar-refractivity contribution in [3.05, 3.63) is 178 Å². The van der Waals surface area contributed by atoms with Gasteiger partial charge in [-0.05, 0) is 112 Å². The second-order valence-electron chi connectivity index (χ2n) is 18.4. The maximum atomic E-state index is 13.2. The fraction of sp³-hybridized carbons (Fsp3) is 0.346. The summed E-state index contributed by atoms with van der Waals surface area (Å²) >= 11 is 0. The zero-order chi connectivity index (χ0) is 44.1. The van der Waals surface area contributed by atoms with Gasteiger partial charge in [0.2, 0.25) is 11.8 Å². The number of benzene rings is 2. The number of hydrogen-bond donors (Lipinski definition) is 2. The molecule has 0 aliphatic rings. The number of carbonyl (C=O) groups is 2. The van der Waals surface area contributed by atoms with Crippen molar-refractivity contribution in [1.29, 1.82) is 0 Å². The number of aromatic nitrogens is 4. The maximum absolute atomic E-state index is 13.2. The Morgan fingerprint density at radius 3 is 1.77 bits per heavy atom. The highest BCUT2D eigenvalue weighted by molar-refractivity contribution is 5.96. The van der Waals surface area contributed by atoms with Gasteiger partial charge in [-0.1, -0.05) is 102 Å². The molecule has 0 saturated carbocycles. The number of carbonyl (C=O) groups excluding carboxylic acids is 2. The topological polar surface area (TPSA) is 128 Å². The summed E-state index contributed by atoms with van der Waals surface area (Å²) < 4.78 is 12.2. The van der Waals surface area contributed by atoms with Crippen molar-refractivity contribution in [2.45, 2.75) is 106 Å². The predicted molar refractivity (Wildman–Crippen MR) is 244 cm³/mol. The van der Waals surface area contributed by atoms with Crippen molar-refractivity contribution < 1.29 is 19.1 Å². The summed E-state index contributed by atoms with van der Waals surface area (Å²) in [7, 11) is 0. The van der Waals surface area contributed by atoms with Gasteiger partial charge < -0.3 is 20.1 Å². The molecule has 10 nitrogen and oxygen atoms in total. The van der Waals surface area contributed by atoms with Crippen LogP contribution in [0.5, 0.6) is 11.8 Å². The maximum Gasteiger partial charge on any atom is 0.257 e. The predicted octanol–water partition coefficient (Wildman–Crippen LogP) is 10.7. The minimum atomic E-state index is -0.240. The number of nitrogens with zero attached hydrogens (tertiary/aromatic N) is 4. The van der Waals surface area contributed by atoms with Crippen LogP contribution in [0.2, 0.25) is 0 Å². The Labute approximate surface area is 367 Å². The molecule has 2 aromatic carbocycles. The number of nitrogens with one attached hydrogen (secondary N) is 2. The Kier molecular flexibility index (Phi) is 15.2. The summed E-state index contributed by atoms with van der Waals surface area (Å²) in [6.07, 6.45) is 13.3. The van der Waals surface area contributed by atoms with E-state index >= 15 is 0 Å². The number of pyridine rings is 4. The van der Waals surface area contributed by atoms with Gasteiger partial charge in [0.1, 0.15) is 18.8 Å². The van der Waals surface area contributed by atoms with E-state index < -0.39 is 0 Å². The molecule has 4 aromatic heterocycles. The lowest BCUT2D eigenvalue weighted by molar-refractivity contribution is 0.0939. The number of aryl methyl sites for hydroxylation is 1. The summed E-state index contributed by atoms with van der Waals surface area (Å²) in [5.41, 5.74) is 8.51. The van der Waals surface area contributed by atoms with Crippen LogP contribution in [-0.2, 0) is 26.3 Å². The van der Waals surface area contributed by atoms with Crippen LogP contribution < -0.4 is 20.1 Å². The molecule has 2 atom stereocenters. The van der Waals surface area contributed by atoms with Gasteiger partial charge in [0.05, 0.1) is 5.56 Å². The van der Waals surface area contributed by atoms with Crippen molar-refractivity contribution in [2.24, 2.45) is 10.8 Å². The standard InChI is InChI=1S/C52H60N6O4/c1-36-26-45(49(60)57-32-40-11-9-25-54-30-40)50(58-28-36)62-35-38-14-18-42(19-15-38)46(52(5,6)7)22-20-43(27-51(2,3)4)41-16-12-37(13-17-41)34-61-47-23-21-44(33-55-47)48(59)56-31-39-10-8-24-53-29-39/h8-19,21,23-26,28-30,33,43,46H,20,22,27,31-32,34-35H2,1-7H3,(H,56,59)(H,57,60). The van der Waals surface area contributed by atoms with E-state index in [4.69, 9.17) is 9.47 Å². The van der Waals surface area contributed by atoms with Crippen LogP contribution in [0.25, 0.3) is 0 Å². The number of hydrogen-bond acceptors (Lipinski definition) is 8. The summed E-state index contributed by atoms with van der Waals surface area (Å²) in [5.74, 6) is 1.06. The van der Waals surface area contributed by atoms with Crippen LogP contribution >= 0.6 is 0 Å². The van der Waals surface area contributed by atoms with Crippen molar-refractivity contribution in [3.63, 3.8) is 0 Å². The van der Waals surface area contributed by atoms with Gasteiger partial charge in [-0.15, -0.1) is 0 Å². The fourth-order valence-electron chi connectivity index (χ4n) is 7.64. The zero-order valence-corrected chi connectivity index (χ0v) is 37.2. The van der Waals surface area contributed by atoms with Crippen molar-refractivity contribution in [1.82, 2.24) is 30.6 Å². The Hall–Kier alpha value is -6.42. The van der Waals surface area contributed by atoms with Crippen LogP contribution in [0.4, 0.5) is 0 Å². The average Bonchev–Trinajstić information content (AvgIpc) is 3.26. The molecule has 0 radical (unpaired) electrons. The van der Waals surface area contributed by atoms with Crippen LogP contribution in [-0.4, -0.2) is 31.8 Å². The normalized spacial score (nSPS) is 12.6. The number of amides is 2. The number of rotatable bonds is 18. The van der Waals surface area contributed by atoms with Gasteiger partial charge in [-0.2, -0.15) is 0 Å². The third-order valence-corrected chi connectivity index (χ3v) is 10.9. The molecule has 2 amide bonds. The highest BCUT2D eigenvalue weighted by atomic mass is 16.5. The molecule has 0 spiro atoms. The third-order valence-electron chi connectivity index (χ3n) is 10.9. The monoisotopic (exact) mass is 832 g/mol. The van der Waals surface area contributed by atoms with E-state index in [9.17, 15) is 9.59 Å². The van der Waals surface area contributed by atoms with E-state index in [0.717, 1.165) is 47.1 Å². The molecular formula is C52H60N6O4. The van der Waals surface area contributed by atoms with Gasteiger partial charge in [0.25, 0.3) is 11.8 Å². The van der Waals surface area contributed by atoms with E-state index in [1.54, 1.807) is 43.1 Å². The second kappa shape index (κ2) is 20.9. The van der Waals surface area contributed by atoms with Crippen molar-refractivity contribution in [3.8, 4) is 11.8 Å². The van der Waals surface area contributed by atoms with E-state index in [-0.39, 0.29) is 22.6 Å². The summed E-state index contributed by atoms with van der Waals surface area (Å²) in [6, 6.07) is 30.3. The van der Waals surface area contributed by atoms with Crippen LogP contribution in [0.1, 0.15) is 132 Å². The quantitative estimate of drug-likeness (QED) is 0.0876. The second-order valence-corrected chi connectivity index (χ2v) is 18.4. The van der Waals surface area contributed by atoms with Crippen LogP contribution in [0.3, 0.4) is 0 Å². The lowest BCUT2D eigenvalue weighted by Crippen LogP contribution is -2.24. The van der Waals surface area contributed by atoms with Gasteiger partial charge in [0.15, 0.2) is 0 Å². The first-order valence-corrected chi connectivity index (χ1v) is 21.4. The molecule has 322 valence electrons. The molecule has 0 aliphatic heterocycles. The minimum Gasteiger partial charge on any atom is -0.473 e. The molecule has 6 rings (SSSR count). The van der Waals surface area contributed by atoms with Crippen LogP contribution in [0, 0.1) is 17.8 Å². The van der Waals surface area contributed by atoms with E-state index in [0.29, 0.717) is 61.0 Å². The lowest BCUT2D eigenvalue weighted by atomic mass is 9.71. The van der Waals surface area contributed by atoms with E-state index in [2.05, 4.69) is 121 Å². The molecular weight excluding hydrogens is 773 g/mol. The van der Waals surface area contributed by atoms with Crippen molar-refractivity contribution in [2.75, 3.05) is 0 Å². The molecule has 0 fully saturated rings. The first-order chi connectivity index (χ1) is 29.7.